The number of carbonyl (C=O) groups excluding carboxylic acids is 1. The molecule has 1 fully saturated rings. The van der Waals surface area contributed by atoms with Gasteiger partial charge in [0.1, 0.15) is 0 Å². The van der Waals surface area contributed by atoms with Crippen LogP contribution in [-0.2, 0) is 14.8 Å². The lowest BCUT2D eigenvalue weighted by Gasteiger charge is -2.28. The third kappa shape index (κ3) is 4.26. The molecule has 1 aliphatic rings. The van der Waals surface area contributed by atoms with Crippen LogP contribution in [0.4, 0.5) is 0 Å². The zero-order valence-electron chi connectivity index (χ0n) is 11.7. The van der Waals surface area contributed by atoms with E-state index in [4.69, 9.17) is 5.14 Å². The molecule has 0 spiro atoms. The Hall–Kier alpha value is -1.44. The highest BCUT2D eigenvalue weighted by molar-refractivity contribution is 7.89. The highest BCUT2D eigenvalue weighted by atomic mass is 32.2. The molecule has 2 unspecified atom stereocenters. The lowest BCUT2D eigenvalue weighted by molar-refractivity contribution is -0.130. The molecule has 0 bridgehead atoms. The zero-order valence-corrected chi connectivity index (χ0v) is 12.5. The second-order valence-electron chi connectivity index (χ2n) is 5.38. The van der Waals surface area contributed by atoms with Gasteiger partial charge >= 0.3 is 0 Å². The predicted molar refractivity (Wildman–Crippen MR) is 78.7 cm³/mol. The van der Waals surface area contributed by atoms with Gasteiger partial charge in [0, 0.05) is 25.5 Å². The molecule has 1 aromatic carbocycles. The summed E-state index contributed by atoms with van der Waals surface area (Å²) in [5.41, 5.74) is 0.941. The molecule has 21 heavy (non-hydrogen) atoms. The van der Waals surface area contributed by atoms with E-state index >= 15 is 0 Å². The predicted octanol–water partition coefficient (Wildman–Crippen LogP) is 0.247. The van der Waals surface area contributed by atoms with Gasteiger partial charge in [-0.05, 0) is 12.0 Å². The van der Waals surface area contributed by atoms with Crippen LogP contribution in [0.5, 0.6) is 0 Å². The molecule has 3 N–H and O–H groups in total. The highest BCUT2D eigenvalue weighted by Crippen LogP contribution is 2.31. The summed E-state index contributed by atoms with van der Waals surface area (Å²) in [5.74, 6) is -0.557. The molecule has 0 radical (unpaired) electrons. The normalized spacial score (nSPS) is 20.8. The molecule has 0 aromatic heterocycles. The van der Waals surface area contributed by atoms with E-state index in [0.29, 0.717) is 13.0 Å². The minimum Gasteiger partial charge on any atom is -0.396 e. The van der Waals surface area contributed by atoms with E-state index in [9.17, 15) is 18.3 Å². The Bertz CT molecular complexity index is 588. The fourth-order valence-corrected chi connectivity index (χ4v) is 3.73. The summed E-state index contributed by atoms with van der Waals surface area (Å²) in [6, 6.07) is 9.22. The molecular weight excluding hydrogens is 292 g/mol. The van der Waals surface area contributed by atoms with E-state index in [2.05, 4.69) is 0 Å². The monoisotopic (exact) mass is 312 g/mol. The topological polar surface area (TPSA) is 101 Å². The third-order valence-electron chi connectivity index (χ3n) is 3.67. The molecule has 2 rings (SSSR count). The van der Waals surface area contributed by atoms with E-state index in [1.54, 1.807) is 4.90 Å². The quantitative estimate of drug-likeness (QED) is 0.786. The summed E-state index contributed by atoms with van der Waals surface area (Å²) in [7, 11) is -3.59. The number of primary sulfonamides is 1. The summed E-state index contributed by atoms with van der Waals surface area (Å²) in [4.78, 5) is 13.8. The van der Waals surface area contributed by atoms with E-state index in [0.717, 1.165) is 5.56 Å². The Morgan fingerprint density at radius 1 is 1.33 bits per heavy atom. The van der Waals surface area contributed by atoms with Gasteiger partial charge < -0.3 is 10.0 Å². The molecule has 7 heteroatoms. The van der Waals surface area contributed by atoms with Crippen LogP contribution in [0, 0.1) is 5.92 Å². The average Bonchev–Trinajstić information content (AvgIpc) is 2.75. The van der Waals surface area contributed by atoms with Crippen molar-refractivity contribution in [2.75, 3.05) is 18.9 Å². The van der Waals surface area contributed by atoms with Crippen LogP contribution < -0.4 is 5.14 Å². The number of likely N-dealkylation sites (tertiary alicyclic amines) is 1. The number of hydrogen-bond donors (Lipinski definition) is 2. The molecule has 0 saturated carbocycles. The standard InChI is InChI=1S/C14H20N2O4S/c15-21(19,20)10-11-8-14(18)16(9-11)13(6-7-17)12-4-2-1-3-5-12/h1-5,11,13,17H,6-10H2,(H2,15,19,20). The molecule has 1 aromatic rings. The van der Waals surface area contributed by atoms with Crippen molar-refractivity contribution in [1.82, 2.24) is 4.90 Å². The number of nitrogens with zero attached hydrogens (tertiary/aromatic N) is 1. The minimum absolute atomic E-state index is 0.0385. The summed E-state index contributed by atoms with van der Waals surface area (Å²) < 4.78 is 22.3. The first-order valence-electron chi connectivity index (χ1n) is 6.86. The number of amides is 1. The number of hydrogen-bond acceptors (Lipinski definition) is 4. The maximum absolute atomic E-state index is 12.2. The molecule has 1 amide bonds. The SMILES string of the molecule is NS(=O)(=O)CC1CC(=O)N(C(CCO)c2ccccc2)C1. The Kier molecular flexibility index (Phi) is 4.97. The van der Waals surface area contributed by atoms with Crippen LogP contribution in [0.2, 0.25) is 0 Å². The van der Waals surface area contributed by atoms with Gasteiger partial charge in [-0.3, -0.25) is 4.79 Å². The van der Waals surface area contributed by atoms with Crippen molar-refractivity contribution in [3.05, 3.63) is 35.9 Å². The largest absolute Gasteiger partial charge is 0.396 e. The lowest BCUT2D eigenvalue weighted by Crippen LogP contribution is -2.32. The number of carbonyl (C=O) groups is 1. The van der Waals surface area contributed by atoms with E-state index in [1.165, 1.54) is 0 Å². The Morgan fingerprint density at radius 2 is 2.00 bits per heavy atom. The molecular formula is C14H20N2O4S. The number of sulfonamides is 1. The molecule has 116 valence electrons. The zero-order chi connectivity index (χ0) is 15.5. The number of aliphatic hydroxyl groups excluding tert-OH is 1. The highest BCUT2D eigenvalue weighted by Gasteiger charge is 2.36. The number of aliphatic hydroxyl groups is 1. The number of rotatable bonds is 6. The van der Waals surface area contributed by atoms with Crippen molar-refractivity contribution in [3.63, 3.8) is 0 Å². The molecule has 0 aliphatic carbocycles. The first-order chi connectivity index (χ1) is 9.90. The first kappa shape index (κ1) is 15.9. The summed E-state index contributed by atoms with van der Waals surface area (Å²) in [5, 5.41) is 14.3. The van der Waals surface area contributed by atoms with Gasteiger partial charge in [0.15, 0.2) is 0 Å². The van der Waals surface area contributed by atoms with Gasteiger partial charge in [0.05, 0.1) is 11.8 Å². The molecule has 1 saturated heterocycles. The van der Waals surface area contributed by atoms with Crippen molar-refractivity contribution < 1.29 is 18.3 Å². The van der Waals surface area contributed by atoms with Gasteiger partial charge in [-0.1, -0.05) is 30.3 Å². The fourth-order valence-electron chi connectivity index (χ4n) is 2.85. The van der Waals surface area contributed by atoms with Crippen LogP contribution in [-0.4, -0.2) is 43.2 Å². The van der Waals surface area contributed by atoms with E-state index in [-0.39, 0.29) is 36.6 Å². The maximum atomic E-state index is 12.2. The van der Waals surface area contributed by atoms with Crippen molar-refractivity contribution in [1.29, 1.82) is 0 Å². The van der Waals surface area contributed by atoms with E-state index < -0.39 is 10.0 Å². The molecule has 1 aliphatic heterocycles. The molecule has 2 atom stereocenters. The van der Waals surface area contributed by atoms with Gasteiger partial charge in [-0.15, -0.1) is 0 Å². The van der Waals surface area contributed by atoms with Gasteiger partial charge in [-0.2, -0.15) is 0 Å². The van der Waals surface area contributed by atoms with Gasteiger partial charge in [0.2, 0.25) is 15.9 Å². The lowest BCUT2D eigenvalue weighted by atomic mass is 10.0. The Morgan fingerprint density at radius 3 is 2.57 bits per heavy atom. The summed E-state index contributed by atoms with van der Waals surface area (Å²) in [6.45, 7) is 0.317. The van der Waals surface area contributed by atoms with Crippen LogP contribution in [0.25, 0.3) is 0 Å². The van der Waals surface area contributed by atoms with Crippen molar-refractivity contribution in [3.8, 4) is 0 Å². The van der Waals surface area contributed by atoms with Crippen LogP contribution in [0.15, 0.2) is 30.3 Å². The van der Waals surface area contributed by atoms with E-state index in [1.807, 2.05) is 30.3 Å². The number of nitrogens with two attached hydrogens (primary N) is 1. The first-order valence-corrected chi connectivity index (χ1v) is 8.58. The van der Waals surface area contributed by atoms with Crippen molar-refractivity contribution in [2.24, 2.45) is 11.1 Å². The Labute approximate surface area is 124 Å². The third-order valence-corrected chi connectivity index (χ3v) is 4.61. The second-order valence-corrected chi connectivity index (χ2v) is 7.04. The molecule has 1 heterocycles. The smallest absolute Gasteiger partial charge is 0.223 e. The molecule has 6 nitrogen and oxygen atoms in total. The van der Waals surface area contributed by atoms with Gasteiger partial charge in [0.25, 0.3) is 0 Å². The number of benzene rings is 1. The summed E-state index contributed by atoms with van der Waals surface area (Å²) in [6.07, 6.45) is 0.614. The second kappa shape index (κ2) is 6.55. The van der Waals surface area contributed by atoms with Crippen LogP contribution in [0.1, 0.15) is 24.4 Å². The minimum atomic E-state index is -3.59. The van der Waals surface area contributed by atoms with Gasteiger partial charge in [-0.25, -0.2) is 13.6 Å². The summed E-state index contributed by atoms with van der Waals surface area (Å²) >= 11 is 0. The average molecular weight is 312 g/mol. The van der Waals surface area contributed by atoms with Crippen molar-refractivity contribution >= 4 is 15.9 Å². The maximum Gasteiger partial charge on any atom is 0.223 e. The van der Waals surface area contributed by atoms with Crippen LogP contribution >= 0.6 is 0 Å². The Balaban J connectivity index is 2.16. The van der Waals surface area contributed by atoms with Crippen LogP contribution in [0.3, 0.4) is 0 Å². The van der Waals surface area contributed by atoms with Crippen molar-refractivity contribution in [2.45, 2.75) is 18.9 Å². The fraction of sp³-hybridized carbons (Fsp3) is 0.500.